The number of hydrogen-bond acceptors (Lipinski definition) is 2. The Balaban J connectivity index is 2.45. The molecule has 1 heterocycles. The first-order valence-corrected chi connectivity index (χ1v) is 6.57. The molecule has 2 rings (SSSR count). The molecule has 0 unspecified atom stereocenters. The molecule has 0 atom stereocenters. The van der Waals surface area contributed by atoms with Crippen LogP contribution in [0.1, 0.15) is 25.7 Å². The molecule has 16 heavy (non-hydrogen) atoms. The maximum absolute atomic E-state index is 12.2. The van der Waals surface area contributed by atoms with Crippen LogP contribution in [0.5, 0.6) is 0 Å². The van der Waals surface area contributed by atoms with Crippen molar-refractivity contribution in [1.82, 2.24) is 0 Å². The van der Waals surface area contributed by atoms with Crippen LogP contribution in [-0.4, -0.2) is 5.78 Å². The molecule has 0 aliphatic rings. The first-order chi connectivity index (χ1) is 7.59. The highest BCUT2D eigenvalue weighted by molar-refractivity contribution is 9.10. The molecule has 0 bridgehead atoms. The summed E-state index contributed by atoms with van der Waals surface area (Å²) in [5.74, 6) is 0.0914. The molecular formula is C13H11BrOS. The fourth-order valence-electron chi connectivity index (χ4n) is 1.51. The molecule has 0 saturated carbocycles. The first kappa shape index (κ1) is 11.6. The summed E-state index contributed by atoms with van der Waals surface area (Å²) in [5, 5.41) is 0. The number of halogens is 1. The van der Waals surface area contributed by atoms with E-state index in [1.807, 2.05) is 44.2 Å². The smallest absolute Gasteiger partial charge is 0.204 e. The topological polar surface area (TPSA) is 17.1 Å². The number of benzene rings is 1. The second-order valence-electron chi connectivity index (χ2n) is 3.68. The van der Waals surface area contributed by atoms with E-state index >= 15 is 0 Å². The molecular weight excluding hydrogens is 284 g/mol. The number of rotatable bonds is 2. The number of hydrogen-bond donors (Lipinski definition) is 0. The third-order valence-electron chi connectivity index (χ3n) is 2.40. The Morgan fingerprint density at radius 3 is 2.56 bits per heavy atom. The Kier molecular flexibility index (Phi) is 3.26. The monoisotopic (exact) mass is 294 g/mol. The molecule has 0 spiro atoms. The largest absolute Gasteiger partial charge is 0.288 e. The Labute approximate surface area is 107 Å². The van der Waals surface area contributed by atoms with Gasteiger partial charge in [-0.2, -0.15) is 0 Å². The van der Waals surface area contributed by atoms with Crippen molar-refractivity contribution in [3.63, 3.8) is 0 Å². The van der Waals surface area contributed by atoms with E-state index in [0.717, 1.165) is 25.4 Å². The van der Waals surface area contributed by atoms with Crippen molar-refractivity contribution in [3.8, 4) is 0 Å². The van der Waals surface area contributed by atoms with Crippen LogP contribution in [0.4, 0.5) is 0 Å². The number of aryl methyl sites for hydroxylation is 2. The fraction of sp³-hybridized carbons (Fsp3) is 0.154. The second kappa shape index (κ2) is 4.52. The van der Waals surface area contributed by atoms with Crippen molar-refractivity contribution in [1.29, 1.82) is 0 Å². The van der Waals surface area contributed by atoms with Gasteiger partial charge in [0, 0.05) is 14.9 Å². The van der Waals surface area contributed by atoms with Gasteiger partial charge in [-0.15, -0.1) is 11.3 Å². The lowest BCUT2D eigenvalue weighted by Gasteiger charge is -2.04. The fourth-order valence-corrected chi connectivity index (χ4v) is 2.78. The SMILES string of the molecule is Cc1ccc(C(=O)c2cccc(C)c2Br)s1. The maximum Gasteiger partial charge on any atom is 0.204 e. The minimum Gasteiger partial charge on any atom is -0.288 e. The Hall–Kier alpha value is -0.930. The van der Waals surface area contributed by atoms with E-state index in [9.17, 15) is 4.79 Å². The van der Waals surface area contributed by atoms with Crippen molar-refractivity contribution >= 4 is 33.0 Å². The normalized spacial score (nSPS) is 10.4. The predicted octanol–water partition coefficient (Wildman–Crippen LogP) is 4.36. The van der Waals surface area contributed by atoms with Gasteiger partial charge in [-0.3, -0.25) is 4.79 Å². The van der Waals surface area contributed by atoms with Crippen LogP contribution >= 0.6 is 27.3 Å². The molecule has 0 radical (unpaired) electrons. The van der Waals surface area contributed by atoms with Gasteiger partial charge in [-0.25, -0.2) is 0 Å². The summed E-state index contributed by atoms with van der Waals surface area (Å²) >= 11 is 5.00. The lowest BCUT2D eigenvalue weighted by atomic mass is 10.1. The van der Waals surface area contributed by atoms with E-state index in [4.69, 9.17) is 0 Å². The Bertz CT molecular complexity index is 543. The molecule has 0 N–H and O–H groups in total. The molecule has 0 aliphatic heterocycles. The summed E-state index contributed by atoms with van der Waals surface area (Å²) in [6.45, 7) is 3.99. The molecule has 1 aromatic carbocycles. The molecule has 3 heteroatoms. The minimum atomic E-state index is 0.0914. The molecule has 0 aliphatic carbocycles. The molecule has 0 saturated heterocycles. The van der Waals surface area contributed by atoms with Gasteiger partial charge in [-0.05, 0) is 53.5 Å². The van der Waals surface area contributed by atoms with Crippen LogP contribution in [0, 0.1) is 13.8 Å². The van der Waals surface area contributed by atoms with Crippen LogP contribution in [0.2, 0.25) is 0 Å². The summed E-state index contributed by atoms with van der Waals surface area (Å²) < 4.78 is 0.894. The van der Waals surface area contributed by atoms with Gasteiger partial charge >= 0.3 is 0 Å². The summed E-state index contributed by atoms with van der Waals surface area (Å²) in [5.41, 5.74) is 1.82. The first-order valence-electron chi connectivity index (χ1n) is 4.96. The van der Waals surface area contributed by atoms with Crippen LogP contribution in [-0.2, 0) is 0 Å². The summed E-state index contributed by atoms with van der Waals surface area (Å²) in [6, 6.07) is 9.61. The number of carbonyl (C=O) groups is 1. The van der Waals surface area contributed by atoms with Gasteiger partial charge in [-0.1, -0.05) is 12.1 Å². The van der Waals surface area contributed by atoms with Crippen molar-refractivity contribution in [2.24, 2.45) is 0 Å². The zero-order chi connectivity index (χ0) is 11.7. The van der Waals surface area contributed by atoms with E-state index < -0.39 is 0 Å². The molecule has 1 aromatic heterocycles. The lowest BCUT2D eigenvalue weighted by molar-refractivity contribution is 0.104. The van der Waals surface area contributed by atoms with Gasteiger partial charge in [0.05, 0.1) is 4.88 Å². The van der Waals surface area contributed by atoms with E-state index in [-0.39, 0.29) is 5.78 Å². The number of thiophene rings is 1. The highest BCUT2D eigenvalue weighted by Gasteiger charge is 2.14. The molecule has 0 amide bonds. The summed E-state index contributed by atoms with van der Waals surface area (Å²) in [4.78, 5) is 14.2. The van der Waals surface area contributed by atoms with Gasteiger partial charge in [0.1, 0.15) is 0 Å². The molecule has 2 aromatic rings. The maximum atomic E-state index is 12.2. The summed E-state index contributed by atoms with van der Waals surface area (Å²) in [6.07, 6.45) is 0. The van der Waals surface area contributed by atoms with Gasteiger partial charge < -0.3 is 0 Å². The van der Waals surface area contributed by atoms with E-state index in [0.29, 0.717) is 0 Å². The molecule has 82 valence electrons. The van der Waals surface area contributed by atoms with Crippen molar-refractivity contribution in [3.05, 3.63) is 55.7 Å². The van der Waals surface area contributed by atoms with Gasteiger partial charge in [0.2, 0.25) is 5.78 Å². The van der Waals surface area contributed by atoms with Crippen LogP contribution in [0.15, 0.2) is 34.8 Å². The third-order valence-corrected chi connectivity index (χ3v) is 4.45. The average Bonchev–Trinajstić information content (AvgIpc) is 2.68. The molecule has 1 nitrogen and oxygen atoms in total. The molecule has 0 fully saturated rings. The second-order valence-corrected chi connectivity index (χ2v) is 5.76. The van der Waals surface area contributed by atoms with Crippen molar-refractivity contribution in [2.45, 2.75) is 13.8 Å². The van der Waals surface area contributed by atoms with E-state index in [2.05, 4.69) is 15.9 Å². The van der Waals surface area contributed by atoms with Crippen LogP contribution in [0.3, 0.4) is 0 Å². The Morgan fingerprint density at radius 1 is 1.19 bits per heavy atom. The average molecular weight is 295 g/mol. The highest BCUT2D eigenvalue weighted by atomic mass is 79.9. The van der Waals surface area contributed by atoms with E-state index in [1.165, 1.54) is 11.3 Å². The van der Waals surface area contributed by atoms with E-state index in [1.54, 1.807) is 0 Å². The zero-order valence-corrected chi connectivity index (χ0v) is 11.5. The van der Waals surface area contributed by atoms with Crippen molar-refractivity contribution < 1.29 is 4.79 Å². The van der Waals surface area contributed by atoms with Crippen LogP contribution in [0.25, 0.3) is 0 Å². The quantitative estimate of drug-likeness (QED) is 0.752. The minimum absolute atomic E-state index is 0.0914. The summed E-state index contributed by atoms with van der Waals surface area (Å²) in [7, 11) is 0. The third kappa shape index (κ3) is 2.11. The van der Waals surface area contributed by atoms with Crippen LogP contribution < -0.4 is 0 Å². The number of ketones is 1. The lowest BCUT2D eigenvalue weighted by Crippen LogP contribution is -2.00. The predicted molar refractivity (Wildman–Crippen MR) is 71.4 cm³/mol. The number of carbonyl (C=O) groups excluding carboxylic acids is 1. The highest BCUT2D eigenvalue weighted by Crippen LogP contribution is 2.26. The van der Waals surface area contributed by atoms with Gasteiger partial charge in [0.25, 0.3) is 0 Å². The standard InChI is InChI=1S/C13H11BrOS/c1-8-4-3-5-10(12(8)14)13(15)11-7-6-9(2)16-11/h3-7H,1-2H3. The Morgan fingerprint density at radius 2 is 1.94 bits per heavy atom. The zero-order valence-electron chi connectivity index (χ0n) is 9.08. The van der Waals surface area contributed by atoms with Crippen molar-refractivity contribution in [2.75, 3.05) is 0 Å². The van der Waals surface area contributed by atoms with Gasteiger partial charge in [0.15, 0.2) is 0 Å².